The van der Waals surface area contributed by atoms with Crippen LogP contribution in [0.5, 0.6) is 0 Å². The summed E-state index contributed by atoms with van der Waals surface area (Å²) in [6.07, 6.45) is 6.42. The van der Waals surface area contributed by atoms with Crippen molar-refractivity contribution in [3.05, 3.63) is 47.5 Å². The van der Waals surface area contributed by atoms with Crippen molar-refractivity contribution in [2.75, 3.05) is 0 Å². The molecule has 5 nitrogen and oxygen atoms in total. The molecule has 3 aromatic rings. The lowest BCUT2D eigenvalue weighted by atomic mass is 10.0. The molecule has 2 aromatic heterocycles. The number of hydrogen-bond acceptors (Lipinski definition) is 4. The van der Waals surface area contributed by atoms with Crippen LogP contribution in [-0.4, -0.2) is 27.4 Å². The minimum atomic E-state index is 0.530. The lowest BCUT2D eigenvalue weighted by Gasteiger charge is -2.08. The van der Waals surface area contributed by atoms with Crippen LogP contribution in [0.25, 0.3) is 16.9 Å². The molecule has 0 unspecified atom stereocenters. The molecule has 0 atom stereocenters. The number of rotatable bonds is 3. The van der Waals surface area contributed by atoms with Gasteiger partial charge in [-0.1, -0.05) is 0 Å². The van der Waals surface area contributed by atoms with Crippen LogP contribution in [0.15, 0.2) is 35.7 Å². The number of imidazole rings is 1. The fourth-order valence-electron chi connectivity index (χ4n) is 2.43. The molecule has 0 aliphatic rings. The van der Waals surface area contributed by atoms with E-state index in [0.717, 1.165) is 28.7 Å². The van der Waals surface area contributed by atoms with Gasteiger partial charge >= 0.3 is 0 Å². The fourth-order valence-corrected chi connectivity index (χ4v) is 2.43. The Balaban J connectivity index is 2.19. The summed E-state index contributed by atoms with van der Waals surface area (Å²) in [7, 11) is 0. The molecule has 0 aliphatic heterocycles. The van der Waals surface area contributed by atoms with E-state index in [1.54, 1.807) is 12.3 Å². The number of aliphatic imine (C=N–C) groups is 1. The number of hydrogen-bond donors (Lipinski definition) is 0. The number of aromatic nitrogens is 3. The molecule has 0 radical (unpaired) electrons. The van der Waals surface area contributed by atoms with Gasteiger partial charge in [0.15, 0.2) is 6.29 Å². The Hall–Kier alpha value is -2.82. The van der Waals surface area contributed by atoms with Gasteiger partial charge in [0.1, 0.15) is 0 Å². The number of benzene rings is 1. The molecule has 0 spiro atoms. The van der Waals surface area contributed by atoms with E-state index in [-0.39, 0.29) is 0 Å². The van der Waals surface area contributed by atoms with Crippen LogP contribution in [0.2, 0.25) is 0 Å². The molecule has 0 saturated carbocycles. The molecular formula is C16H14N4O. The van der Waals surface area contributed by atoms with Gasteiger partial charge < -0.3 is 0 Å². The van der Waals surface area contributed by atoms with E-state index in [9.17, 15) is 4.79 Å². The van der Waals surface area contributed by atoms with Crippen molar-refractivity contribution in [1.29, 1.82) is 0 Å². The fraction of sp³-hybridized carbons (Fsp3) is 0.125. The molecule has 3 rings (SSSR count). The van der Waals surface area contributed by atoms with Crippen LogP contribution < -0.4 is 0 Å². The average Bonchev–Trinajstić information content (AvgIpc) is 2.85. The van der Waals surface area contributed by atoms with Crippen molar-refractivity contribution in [2.45, 2.75) is 13.8 Å². The molecule has 0 aliphatic carbocycles. The van der Waals surface area contributed by atoms with Gasteiger partial charge in [-0.2, -0.15) is 0 Å². The molecule has 0 N–H and O–H groups in total. The zero-order valence-electron chi connectivity index (χ0n) is 11.9. The molecule has 5 heteroatoms. The number of aryl methyl sites for hydroxylation is 2. The van der Waals surface area contributed by atoms with E-state index in [4.69, 9.17) is 0 Å². The van der Waals surface area contributed by atoms with Gasteiger partial charge in [-0.25, -0.2) is 9.97 Å². The second-order valence-corrected chi connectivity index (χ2v) is 4.94. The highest BCUT2D eigenvalue weighted by Crippen LogP contribution is 2.29. The molecule has 1 aromatic carbocycles. The maximum absolute atomic E-state index is 11.2. The summed E-state index contributed by atoms with van der Waals surface area (Å²) in [4.78, 5) is 23.8. The third kappa shape index (κ3) is 2.23. The lowest BCUT2D eigenvalue weighted by molar-refractivity contribution is 0.112. The Bertz CT molecular complexity index is 864. The molecule has 0 fully saturated rings. The summed E-state index contributed by atoms with van der Waals surface area (Å²) in [5, 5.41) is 0. The first-order chi connectivity index (χ1) is 10.1. The Labute approximate surface area is 122 Å². The highest BCUT2D eigenvalue weighted by atomic mass is 16.1. The van der Waals surface area contributed by atoms with Gasteiger partial charge in [0.05, 0.1) is 11.4 Å². The smallest absolute Gasteiger partial charge is 0.233 e. The third-order valence-corrected chi connectivity index (χ3v) is 3.38. The molecular weight excluding hydrogens is 264 g/mol. The van der Waals surface area contributed by atoms with Crippen LogP contribution in [-0.2, 0) is 0 Å². The zero-order valence-corrected chi connectivity index (χ0v) is 11.9. The van der Waals surface area contributed by atoms with Gasteiger partial charge in [-0.05, 0) is 43.8 Å². The molecule has 104 valence electrons. The minimum Gasteiger partial charge on any atom is -0.298 e. The van der Waals surface area contributed by atoms with E-state index in [1.807, 2.05) is 36.7 Å². The van der Waals surface area contributed by atoms with Gasteiger partial charge in [0.25, 0.3) is 0 Å². The maximum Gasteiger partial charge on any atom is 0.233 e. The summed E-state index contributed by atoms with van der Waals surface area (Å²) in [6, 6.07) is 3.78. The normalized spacial score (nSPS) is 10.8. The zero-order chi connectivity index (χ0) is 15.0. The predicted molar refractivity (Wildman–Crippen MR) is 82.5 cm³/mol. The van der Waals surface area contributed by atoms with E-state index in [2.05, 4.69) is 21.7 Å². The first-order valence-corrected chi connectivity index (χ1v) is 6.50. The van der Waals surface area contributed by atoms with Crippen LogP contribution in [0.4, 0.5) is 5.69 Å². The predicted octanol–water partition coefficient (Wildman–Crippen LogP) is 3.16. The summed E-state index contributed by atoms with van der Waals surface area (Å²) >= 11 is 0. The van der Waals surface area contributed by atoms with E-state index < -0.39 is 0 Å². The van der Waals surface area contributed by atoms with Gasteiger partial charge in [0.2, 0.25) is 5.78 Å². The van der Waals surface area contributed by atoms with Crippen LogP contribution >= 0.6 is 0 Å². The molecule has 0 bridgehead atoms. The summed E-state index contributed by atoms with van der Waals surface area (Å²) in [6.45, 7) is 7.35. The number of fused-ring (bicyclic) bond motifs is 1. The van der Waals surface area contributed by atoms with Gasteiger partial charge in [-0.15, -0.1) is 0 Å². The van der Waals surface area contributed by atoms with E-state index in [0.29, 0.717) is 17.0 Å². The largest absolute Gasteiger partial charge is 0.298 e. The standard InChI is InChI=1S/C16H14N4O/c1-10-4-12(5-13(9-21)15(10)17-3)14-6-18-16-19-11(2)7-20(16)8-14/h4-9H,3H2,1-2H3. The Kier molecular flexibility index (Phi) is 3.10. The molecule has 21 heavy (non-hydrogen) atoms. The van der Waals surface area contributed by atoms with Gasteiger partial charge in [0, 0.05) is 29.7 Å². The summed E-state index contributed by atoms with van der Waals surface area (Å²) < 4.78 is 1.88. The number of nitrogens with zero attached hydrogens (tertiary/aromatic N) is 4. The quantitative estimate of drug-likeness (QED) is 0.546. The first-order valence-electron chi connectivity index (χ1n) is 6.50. The summed E-state index contributed by atoms with van der Waals surface area (Å²) in [5.41, 5.74) is 4.81. The van der Waals surface area contributed by atoms with E-state index >= 15 is 0 Å². The highest BCUT2D eigenvalue weighted by Gasteiger charge is 2.09. The highest BCUT2D eigenvalue weighted by molar-refractivity contribution is 5.88. The van der Waals surface area contributed by atoms with Crippen molar-refractivity contribution in [3.63, 3.8) is 0 Å². The second kappa shape index (κ2) is 4.94. The van der Waals surface area contributed by atoms with Crippen LogP contribution in [0.1, 0.15) is 21.6 Å². The topological polar surface area (TPSA) is 59.6 Å². The van der Waals surface area contributed by atoms with E-state index in [1.165, 1.54) is 0 Å². The monoisotopic (exact) mass is 278 g/mol. The Morgan fingerprint density at radius 2 is 2.05 bits per heavy atom. The van der Waals surface area contributed by atoms with Crippen molar-refractivity contribution in [3.8, 4) is 11.1 Å². The third-order valence-electron chi connectivity index (χ3n) is 3.38. The second-order valence-electron chi connectivity index (χ2n) is 4.94. The average molecular weight is 278 g/mol. The van der Waals surface area contributed by atoms with Gasteiger partial charge in [-0.3, -0.25) is 14.2 Å². The maximum atomic E-state index is 11.2. The van der Waals surface area contributed by atoms with Crippen LogP contribution in [0.3, 0.4) is 0 Å². The number of carbonyl (C=O) groups excluding carboxylic acids is 1. The molecule has 0 amide bonds. The summed E-state index contributed by atoms with van der Waals surface area (Å²) in [5.74, 6) is 0.660. The Morgan fingerprint density at radius 1 is 1.24 bits per heavy atom. The number of aldehydes is 1. The molecule has 0 saturated heterocycles. The van der Waals surface area contributed by atoms with Crippen molar-refractivity contribution >= 4 is 24.5 Å². The minimum absolute atomic E-state index is 0.530. The molecule has 2 heterocycles. The SMILES string of the molecule is C=Nc1c(C)cc(-c2cnc3nc(C)cn3c2)cc1C=O. The lowest BCUT2D eigenvalue weighted by Crippen LogP contribution is -1.92. The number of carbonyl (C=O) groups is 1. The Morgan fingerprint density at radius 3 is 2.76 bits per heavy atom. The van der Waals surface area contributed by atoms with Crippen molar-refractivity contribution in [2.24, 2.45) is 4.99 Å². The van der Waals surface area contributed by atoms with Crippen molar-refractivity contribution < 1.29 is 4.79 Å². The van der Waals surface area contributed by atoms with Crippen molar-refractivity contribution in [1.82, 2.24) is 14.4 Å². The van der Waals surface area contributed by atoms with Crippen LogP contribution in [0, 0.1) is 13.8 Å². The first kappa shape index (κ1) is 13.2.